The largest absolute Gasteiger partial charge is 0.380 e. The van der Waals surface area contributed by atoms with Gasteiger partial charge in [0, 0.05) is 25.6 Å². The first kappa shape index (κ1) is 10.9. The fraction of sp³-hybridized carbons (Fsp3) is 0.727. The molecule has 4 heteroatoms. The quantitative estimate of drug-likeness (QED) is 0.791. The normalized spacial score (nSPS) is 22.0. The highest BCUT2D eigenvalue weighted by molar-refractivity contribution is 7.13. The van der Waals surface area contributed by atoms with Crippen molar-refractivity contribution < 1.29 is 4.74 Å². The van der Waals surface area contributed by atoms with Crippen LogP contribution in [0.15, 0.2) is 5.38 Å². The summed E-state index contributed by atoms with van der Waals surface area (Å²) in [6, 6.07) is 0. The van der Waals surface area contributed by atoms with Crippen molar-refractivity contribution in [2.45, 2.75) is 32.3 Å². The number of nitrogens with zero attached hydrogens (tertiary/aromatic N) is 2. The van der Waals surface area contributed by atoms with Crippen molar-refractivity contribution in [3.05, 3.63) is 11.1 Å². The van der Waals surface area contributed by atoms with Gasteiger partial charge in [0.2, 0.25) is 0 Å². The van der Waals surface area contributed by atoms with E-state index in [9.17, 15) is 0 Å². The SMILES string of the molecule is CCc1csc(N2CCC[C@H](OC)C2)n1. The number of ether oxygens (including phenoxy) is 1. The molecular formula is C11H18N2OS. The zero-order valence-corrected chi connectivity index (χ0v) is 10.2. The summed E-state index contributed by atoms with van der Waals surface area (Å²) < 4.78 is 5.41. The molecule has 15 heavy (non-hydrogen) atoms. The van der Waals surface area contributed by atoms with Crippen molar-refractivity contribution in [2.75, 3.05) is 25.1 Å². The van der Waals surface area contributed by atoms with Crippen LogP contribution in [0.5, 0.6) is 0 Å². The van der Waals surface area contributed by atoms with Crippen molar-refractivity contribution in [1.82, 2.24) is 4.98 Å². The molecule has 1 aromatic heterocycles. The molecule has 0 radical (unpaired) electrons. The molecule has 0 bridgehead atoms. The lowest BCUT2D eigenvalue weighted by molar-refractivity contribution is 0.0893. The Hall–Kier alpha value is -0.610. The predicted molar refractivity (Wildman–Crippen MR) is 63.7 cm³/mol. The second-order valence-corrected chi connectivity index (χ2v) is 4.76. The Labute approximate surface area is 95.1 Å². The molecule has 1 atom stereocenters. The second kappa shape index (κ2) is 4.94. The fourth-order valence-electron chi connectivity index (χ4n) is 1.91. The number of aromatic nitrogens is 1. The number of anilines is 1. The van der Waals surface area contributed by atoms with Crippen molar-refractivity contribution in [1.29, 1.82) is 0 Å². The van der Waals surface area contributed by atoms with Gasteiger partial charge in [-0.25, -0.2) is 4.98 Å². The Morgan fingerprint density at radius 3 is 3.20 bits per heavy atom. The highest BCUT2D eigenvalue weighted by atomic mass is 32.1. The summed E-state index contributed by atoms with van der Waals surface area (Å²) in [6.07, 6.45) is 3.80. The maximum Gasteiger partial charge on any atom is 0.185 e. The van der Waals surface area contributed by atoms with Crippen LogP contribution in [0.25, 0.3) is 0 Å². The number of piperidine rings is 1. The van der Waals surface area contributed by atoms with Gasteiger partial charge in [-0.05, 0) is 19.3 Å². The molecular weight excluding hydrogens is 208 g/mol. The standard InChI is InChI=1S/C11H18N2OS/c1-3-9-8-15-11(12-9)13-6-4-5-10(7-13)14-2/h8,10H,3-7H2,1-2H3/t10-/m0/s1. The number of hydrogen-bond donors (Lipinski definition) is 0. The lowest BCUT2D eigenvalue weighted by Crippen LogP contribution is -2.39. The maximum absolute atomic E-state index is 5.41. The number of methoxy groups -OCH3 is 1. The van der Waals surface area contributed by atoms with Crippen LogP contribution in [-0.2, 0) is 11.2 Å². The topological polar surface area (TPSA) is 25.4 Å². The maximum atomic E-state index is 5.41. The molecule has 2 rings (SSSR count). The minimum absolute atomic E-state index is 0.382. The molecule has 2 heterocycles. The van der Waals surface area contributed by atoms with Gasteiger partial charge in [-0.3, -0.25) is 0 Å². The Kier molecular flexibility index (Phi) is 3.59. The van der Waals surface area contributed by atoms with Crippen molar-refractivity contribution in [3.8, 4) is 0 Å². The molecule has 1 aliphatic heterocycles. The van der Waals surface area contributed by atoms with Crippen LogP contribution >= 0.6 is 11.3 Å². The van der Waals surface area contributed by atoms with Gasteiger partial charge < -0.3 is 9.64 Å². The third-order valence-electron chi connectivity index (χ3n) is 2.88. The lowest BCUT2D eigenvalue weighted by Gasteiger charge is -2.31. The average Bonchev–Trinajstić information content (AvgIpc) is 2.78. The monoisotopic (exact) mass is 226 g/mol. The Bertz CT molecular complexity index is 313. The van der Waals surface area contributed by atoms with Crippen LogP contribution in [0.3, 0.4) is 0 Å². The van der Waals surface area contributed by atoms with E-state index in [0.717, 1.165) is 24.6 Å². The van der Waals surface area contributed by atoms with E-state index >= 15 is 0 Å². The molecule has 0 saturated carbocycles. The minimum Gasteiger partial charge on any atom is -0.380 e. The summed E-state index contributed by atoms with van der Waals surface area (Å²) >= 11 is 1.75. The zero-order chi connectivity index (χ0) is 10.7. The number of aryl methyl sites for hydroxylation is 1. The first-order valence-corrected chi connectivity index (χ1v) is 6.43. The summed E-state index contributed by atoms with van der Waals surface area (Å²) in [5.41, 5.74) is 1.20. The lowest BCUT2D eigenvalue weighted by atomic mass is 10.1. The van der Waals surface area contributed by atoms with Gasteiger partial charge in [-0.1, -0.05) is 6.92 Å². The molecule has 1 fully saturated rings. The first-order valence-electron chi connectivity index (χ1n) is 5.55. The van der Waals surface area contributed by atoms with E-state index in [1.54, 1.807) is 18.4 Å². The molecule has 0 unspecified atom stereocenters. The smallest absolute Gasteiger partial charge is 0.185 e. The van der Waals surface area contributed by atoms with E-state index in [1.165, 1.54) is 18.5 Å². The van der Waals surface area contributed by atoms with Crippen LogP contribution in [-0.4, -0.2) is 31.3 Å². The Balaban J connectivity index is 2.03. The van der Waals surface area contributed by atoms with Crippen LogP contribution in [0, 0.1) is 0 Å². The number of rotatable bonds is 3. The summed E-state index contributed by atoms with van der Waals surface area (Å²) in [6.45, 7) is 4.26. The molecule has 1 aromatic rings. The molecule has 3 nitrogen and oxygen atoms in total. The first-order chi connectivity index (χ1) is 7.33. The predicted octanol–water partition coefficient (Wildman–Crippen LogP) is 2.32. The van der Waals surface area contributed by atoms with E-state index in [-0.39, 0.29) is 0 Å². The van der Waals surface area contributed by atoms with Gasteiger partial charge in [0.1, 0.15) is 0 Å². The van der Waals surface area contributed by atoms with Gasteiger partial charge in [0.15, 0.2) is 5.13 Å². The number of thiazole rings is 1. The summed E-state index contributed by atoms with van der Waals surface area (Å²) in [5.74, 6) is 0. The highest BCUT2D eigenvalue weighted by Gasteiger charge is 2.21. The number of hydrogen-bond acceptors (Lipinski definition) is 4. The fourth-order valence-corrected chi connectivity index (χ4v) is 2.85. The van der Waals surface area contributed by atoms with Gasteiger partial charge in [-0.15, -0.1) is 11.3 Å². The molecule has 1 aliphatic rings. The van der Waals surface area contributed by atoms with E-state index in [2.05, 4.69) is 22.2 Å². The van der Waals surface area contributed by atoms with E-state index in [4.69, 9.17) is 4.74 Å². The van der Waals surface area contributed by atoms with E-state index in [0.29, 0.717) is 6.10 Å². The molecule has 0 aromatic carbocycles. The summed E-state index contributed by atoms with van der Waals surface area (Å²) in [7, 11) is 1.80. The Morgan fingerprint density at radius 1 is 1.67 bits per heavy atom. The van der Waals surface area contributed by atoms with Crippen molar-refractivity contribution in [2.24, 2.45) is 0 Å². The highest BCUT2D eigenvalue weighted by Crippen LogP contribution is 2.24. The van der Waals surface area contributed by atoms with Gasteiger partial charge in [0.25, 0.3) is 0 Å². The van der Waals surface area contributed by atoms with Gasteiger partial charge >= 0.3 is 0 Å². The molecule has 84 valence electrons. The third-order valence-corrected chi connectivity index (χ3v) is 3.83. The van der Waals surface area contributed by atoms with Crippen LogP contribution < -0.4 is 4.90 Å². The molecule has 0 aliphatic carbocycles. The minimum atomic E-state index is 0.382. The van der Waals surface area contributed by atoms with Gasteiger partial charge in [0.05, 0.1) is 11.8 Å². The summed E-state index contributed by atoms with van der Waals surface area (Å²) in [4.78, 5) is 6.96. The van der Waals surface area contributed by atoms with Gasteiger partial charge in [-0.2, -0.15) is 0 Å². The zero-order valence-electron chi connectivity index (χ0n) is 9.40. The summed E-state index contributed by atoms with van der Waals surface area (Å²) in [5, 5.41) is 3.32. The molecule has 0 amide bonds. The third kappa shape index (κ3) is 2.49. The Morgan fingerprint density at radius 2 is 2.53 bits per heavy atom. The second-order valence-electron chi connectivity index (χ2n) is 3.92. The van der Waals surface area contributed by atoms with E-state index in [1.807, 2.05) is 0 Å². The molecule has 0 N–H and O–H groups in total. The van der Waals surface area contributed by atoms with Crippen molar-refractivity contribution >= 4 is 16.5 Å². The average molecular weight is 226 g/mol. The molecule has 0 spiro atoms. The van der Waals surface area contributed by atoms with E-state index < -0.39 is 0 Å². The van der Waals surface area contributed by atoms with Crippen LogP contribution in [0.2, 0.25) is 0 Å². The van der Waals surface area contributed by atoms with Crippen molar-refractivity contribution in [3.63, 3.8) is 0 Å². The van der Waals surface area contributed by atoms with Crippen LogP contribution in [0.4, 0.5) is 5.13 Å². The van der Waals surface area contributed by atoms with Crippen LogP contribution in [0.1, 0.15) is 25.5 Å². The molecule has 1 saturated heterocycles.